The number of fused-ring (bicyclic) bond motifs is 1. The Balaban J connectivity index is 2.51. The van der Waals surface area contributed by atoms with Crippen molar-refractivity contribution in [2.45, 2.75) is 39.0 Å². The molecule has 0 spiro atoms. The molecule has 0 saturated heterocycles. The lowest BCUT2D eigenvalue weighted by atomic mass is 9.83. The van der Waals surface area contributed by atoms with Gasteiger partial charge >= 0.3 is 0 Å². The first-order valence-electron chi connectivity index (χ1n) is 5.45. The predicted molar refractivity (Wildman–Crippen MR) is 62.0 cm³/mol. The largest absolute Gasteiger partial charge is 0.385 e. The topological polar surface area (TPSA) is 12.0 Å². The van der Waals surface area contributed by atoms with Gasteiger partial charge in [0.1, 0.15) is 0 Å². The summed E-state index contributed by atoms with van der Waals surface area (Å²) in [5.74, 6) is 0. The normalized spacial score (nSPS) is 15.9. The molecule has 0 aromatic heterocycles. The van der Waals surface area contributed by atoms with Crippen LogP contribution in [-0.4, -0.2) is 6.54 Å². The third-order valence-corrected chi connectivity index (χ3v) is 2.88. The molecule has 0 radical (unpaired) electrons. The molecule has 1 heterocycles. The zero-order valence-electron chi connectivity index (χ0n) is 9.35. The average Bonchev–Trinajstić information content (AvgIpc) is 2.15. The van der Waals surface area contributed by atoms with Crippen LogP contribution < -0.4 is 5.32 Å². The van der Waals surface area contributed by atoms with Crippen LogP contribution >= 0.6 is 0 Å². The molecule has 0 aliphatic carbocycles. The molecule has 0 saturated carbocycles. The summed E-state index contributed by atoms with van der Waals surface area (Å²) in [5, 5.41) is 3.54. The molecule has 0 atom stereocenters. The molecular formula is C13H19N. The van der Waals surface area contributed by atoms with Gasteiger partial charge in [0.2, 0.25) is 0 Å². The Morgan fingerprint density at radius 2 is 2.00 bits per heavy atom. The van der Waals surface area contributed by atoms with Crippen LogP contribution in [0.3, 0.4) is 0 Å². The molecule has 0 unspecified atom stereocenters. The van der Waals surface area contributed by atoms with Gasteiger partial charge in [0.15, 0.2) is 0 Å². The van der Waals surface area contributed by atoms with E-state index in [9.17, 15) is 0 Å². The smallest absolute Gasteiger partial charge is 0.0410 e. The fraction of sp³-hybridized carbons (Fsp3) is 0.538. The van der Waals surface area contributed by atoms with E-state index in [0.29, 0.717) is 0 Å². The van der Waals surface area contributed by atoms with Crippen molar-refractivity contribution in [2.24, 2.45) is 0 Å². The molecule has 0 amide bonds. The van der Waals surface area contributed by atoms with E-state index in [1.807, 2.05) is 0 Å². The van der Waals surface area contributed by atoms with Crippen LogP contribution in [0.5, 0.6) is 0 Å². The minimum Gasteiger partial charge on any atom is -0.385 e. The number of anilines is 1. The number of para-hydroxylation sites is 1. The first-order chi connectivity index (χ1) is 6.59. The van der Waals surface area contributed by atoms with E-state index >= 15 is 0 Å². The highest BCUT2D eigenvalue weighted by Gasteiger charge is 2.21. The standard InChI is InChI=1S/C13H19N/c1-13(2,3)11-8-4-6-10-7-5-9-14-12(10)11/h4,6,8,14H,5,7,9H2,1-3H3. The van der Waals surface area contributed by atoms with Gasteiger partial charge in [-0.15, -0.1) is 0 Å². The lowest BCUT2D eigenvalue weighted by molar-refractivity contribution is 0.589. The molecule has 1 aromatic rings. The molecular weight excluding hydrogens is 170 g/mol. The number of aryl methyl sites for hydroxylation is 1. The first-order valence-corrected chi connectivity index (χ1v) is 5.45. The Labute approximate surface area is 86.5 Å². The molecule has 1 nitrogen and oxygen atoms in total. The zero-order valence-corrected chi connectivity index (χ0v) is 9.35. The molecule has 1 heteroatoms. The number of benzene rings is 1. The van der Waals surface area contributed by atoms with Gasteiger partial charge in [-0.2, -0.15) is 0 Å². The maximum Gasteiger partial charge on any atom is 0.0410 e. The molecule has 2 rings (SSSR count). The van der Waals surface area contributed by atoms with E-state index in [2.05, 4.69) is 44.3 Å². The fourth-order valence-corrected chi connectivity index (χ4v) is 2.13. The van der Waals surface area contributed by atoms with Crippen LogP contribution in [-0.2, 0) is 11.8 Å². The van der Waals surface area contributed by atoms with E-state index in [1.54, 1.807) is 0 Å². The van der Waals surface area contributed by atoms with Gasteiger partial charge in [0.05, 0.1) is 0 Å². The number of hydrogen-bond acceptors (Lipinski definition) is 1. The van der Waals surface area contributed by atoms with Crippen molar-refractivity contribution in [1.29, 1.82) is 0 Å². The van der Waals surface area contributed by atoms with Gasteiger partial charge in [-0.05, 0) is 29.4 Å². The molecule has 1 aromatic carbocycles. The van der Waals surface area contributed by atoms with Crippen molar-refractivity contribution in [1.82, 2.24) is 0 Å². The van der Waals surface area contributed by atoms with E-state index in [4.69, 9.17) is 0 Å². The van der Waals surface area contributed by atoms with Crippen LogP contribution in [0.1, 0.15) is 38.3 Å². The van der Waals surface area contributed by atoms with Gasteiger partial charge in [-0.1, -0.05) is 39.0 Å². The van der Waals surface area contributed by atoms with Crippen molar-refractivity contribution in [3.05, 3.63) is 29.3 Å². The molecule has 1 aliphatic rings. The highest BCUT2D eigenvalue weighted by atomic mass is 14.9. The van der Waals surface area contributed by atoms with Crippen LogP contribution in [0.4, 0.5) is 5.69 Å². The van der Waals surface area contributed by atoms with Gasteiger partial charge in [0, 0.05) is 12.2 Å². The Bertz CT molecular complexity index is 334. The molecule has 1 aliphatic heterocycles. The van der Waals surface area contributed by atoms with Crippen LogP contribution in [0.2, 0.25) is 0 Å². The second-order valence-corrected chi connectivity index (χ2v) is 5.12. The van der Waals surface area contributed by atoms with Crippen LogP contribution in [0, 0.1) is 0 Å². The molecule has 0 fully saturated rings. The Morgan fingerprint density at radius 3 is 2.71 bits per heavy atom. The van der Waals surface area contributed by atoms with E-state index in [0.717, 1.165) is 6.54 Å². The Morgan fingerprint density at radius 1 is 1.21 bits per heavy atom. The average molecular weight is 189 g/mol. The van der Waals surface area contributed by atoms with E-state index < -0.39 is 0 Å². The number of rotatable bonds is 0. The third kappa shape index (κ3) is 1.63. The summed E-state index contributed by atoms with van der Waals surface area (Å²) in [6.07, 6.45) is 2.49. The Hall–Kier alpha value is -0.980. The fourth-order valence-electron chi connectivity index (χ4n) is 2.13. The Kier molecular flexibility index (Phi) is 2.26. The van der Waals surface area contributed by atoms with Crippen molar-refractivity contribution in [3.8, 4) is 0 Å². The second-order valence-electron chi connectivity index (χ2n) is 5.12. The maximum absolute atomic E-state index is 3.54. The quantitative estimate of drug-likeness (QED) is 0.660. The highest BCUT2D eigenvalue weighted by molar-refractivity contribution is 5.61. The molecule has 1 N–H and O–H groups in total. The van der Waals surface area contributed by atoms with Crippen LogP contribution in [0.15, 0.2) is 18.2 Å². The highest BCUT2D eigenvalue weighted by Crippen LogP contribution is 2.34. The van der Waals surface area contributed by atoms with E-state index in [-0.39, 0.29) is 5.41 Å². The molecule has 76 valence electrons. The zero-order chi connectivity index (χ0) is 10.2. The summed E-state index contributed by atoms with van der Waals surface area (Å²) in [7, 11) is 0. The third-order valence-electron chi connectivity index (χ3n) is 2.88. The predicted octanol–water partition coefficient (Wildman–Crippen LogP) is 3.34. The monoisotopic (exact) mass is 189 g/mol. The van der Waals surface area contributed by atoms with Gasteiger partial charge < -0.3 is 5.32 Å². The molecule has 0 bridgehead atoms. The van der Waals surface area contributed by atoms with Crippen LogP contribution in [0.25, 0.3) is 0 Å². The summed E-state index contributed by atoms with van der Waals surface area (Å²) >= 11 is 0. The van der Waals surface area contributed by atoms with Gasteiger partial charge in [-0.25, -0.2) is 0 Å². The van der Waals surface area contributed by atoms with Crippen molar-refractivity contribution in [3.63, 3.8) is 0 Å². The number of nitrogens with one attached hydrogen (secondary N) is 1. The summed E-state index contributed by atoms with van der Waals surface area (Å²) < 4.78 is 0. The van der Waals surface area contributed by atoms with Gasteiger partial charge in [-0.3, -0.25) is 0 Å². The summed E-state index contributed by atoms with van der Waals surface area (Å²) in [4.78, 5) is 0. The maximum atomic E-state index is 3.54. The molecule has 14 heavy (non-hydrogen) atoms. The lowest BCUT2D eigenvalue weighted by Crippen LogP contribution is -2.19. The minimum atomic E-state index is 0.246. The number of hydrogen-bond donors (Lipinski definition) is 1. The second kappa shape index (κ2) is 3.30. The van der Waals surface area contributed by atoms with Gasteiger partial charge in [0.25, 0.3) is 0 Å². The van der Waals surface area contributed by atoms with Crippen molar-refractivity contribution >= 4 is 5.69 Å². The lowest BCUT2D eigenvalue weighted by Gasteiger charge is -2.28. The first kappa shape index (κ1) is 9.57. The summed E-state index contributed by atoms with van der Waals surface area (Å²) in [6, 6.07) is 6.68. The van der Waals surface area contributed by atoms with E-state index in [1.165, 1.54) is 29.7 Å². The van der Waals surface area contributed by atoms with Crippen molar-refractivity contribution < 1.29 is 0 Å². The SMILES string of the molecule is CC(C)(C)c1cccc2c1NCCC2. The summed E-state index contributed by atoms with van der Waals surface area (Å²) in [5.41, 5.74) is 4.58. The summed E-state index contributed by atoms with van der Waals surface area (Å²) in [6.45, 7) is 7.96. The van der Waals surface area contributed by atoms with Crippen molar-refractivity contribution in [2.75, 3.05) is 11.9 Å². The minimum absolute atomic E-state index is 0.246.